The number of piperidine rings is 1. The van der Waals surface area contributed by atoms with Crippen molar-refractivity contribution in [3.05, 3.63) is 0 Å². The summed E-state index contributed by atoms with van der Waals surface area (Å²) in [5.41, 5.74) is 5.80. The van der Waals surface area contributed by atoms with Crippen LogP contribution in [0.4, 0.5) is 10.8 Å². The summed E-state index contributed by atoms with van der Waals surface area (Å²) < 4.78 is 9.69. The summed E-state index contributed by atoms with van der Waals surface area (Å²) in [6.45, 7) is 8.25. The van der Waals surface area contributed by atoms with Gasteiger partial charge in [0.15, 0.2) is 16.6 Å². The summed E-state index contributed by atoms with van der Waals surface area (Å²) in [5.74, 6) is 1.22. The van der Waals surface area contributed by atoms with E-state index in [4.69, 9.17) is 10.5 Å². The molecule has 0 spiro atoms. The van der Waals surface area contributed by atoms with Crippen LogP contribution in [0.2, 0.25) is 0 Å². The predicted molar refractivity (Wildman–Crippen MR) is 76.5 cm³/mol. The summed E-state index contributed by atoms with van der Waals surface area (Å²) in [6.07, 6.45) is 2.33. The van der Waals surface area contributed by atoms with Crippen LogP contribution in [-0.4, -0.2) is 41.6 Å². The number of nitrogens with zero attached hydrogens (tertiary/aromatic N) is 2. The van der Waals surface area contributed by atoms with Crippen LogP contribution in [0.3, 0.4) is 0 Å². The minimum absolute atomic E-state index is 0.496. The van der Waals surface area contributed by atoms with Crippen LogP contribution in [-0.2, 0) is 0 Å². The Kier molecular flexibility index (Phi) is 4.66. The third kappa shape index (κ3) is 3.05. The highest BCUT2D eigenvalue weighted by Gasteiger charge is 2.21. The van der Waals surface area contributed by atoms with Crippen molar-refractivity contribution in [1.82, 2.24) is 9.27 Å². The van der Waals surface area contributed by atoms with Gasteiger partial charge in [-0.3, -0.25) is 0 Å². The van der Waals surface area contributed by atoms with E-state index in [0.29, 0.717) is 18.5 Å². The smallest absolute Gasteiger partial charge is 0.197 e. The molecule has 0 saturated carbocycles. The Labute approximate surface area is 112 Å². The van der Waals surface area contributed by atoms with E-state index >= 15 is 0 Å². The van der Waals surface area contributed by atoms with E-state index in [1.807, 2.05) is 6.92 Å². The van der Waals surface area contributed by atoms with Gasteiger partial charge in [0.25, 0.3) is 0 Å². The first-order valence-electron chi connectivity index (χ1n) is 6.61. The lowest BCUT2D eigenvalue weighted by molar-refractivity contribution is 0.229. The second-order valence-corrected chi connectivity index (χ2v) is 5.29. The van der Waals surface area contributed by atoms with Gasteiger partial charge in [-0.05, 0) is 37.8 Å². The maximum Gasteiger partial charge on any atom is 0.197 e. The van der Waals surface area contributed by atoms with E-state index in [1.54, 1.807) is 0 Å². The molecule has 1 aromatic rings. The fourth-order valence-electron chi connectivity index (χ4n) is 2.25. The van der Waals surface area contributed by atoms with E-state index in [0.717, 1.165) is 43.2 Å². The molecule has 0 radical (unpaired) electrons. The molecule has 1 saturated heterocycles. The number of hydrogen-bond donors (Lipinski definition) is 2. The zero-order valence-electron chi connectivity index (χ0n) is 11.1. The van der Waals surface area contributed by atoms with Crippen molar-refractivity contribution < 1.29 is 4.74 Å². The van der Waals surface area contributed by atoms with Gasteiger partial charge in [0.2, 0.25) is 0 Å². The number of rotatable bonds is 5. The lowest BCUT2D eigenvalue weighted by Crippen LogP contribution is -2.38. The van der Waals surface area contributed by atoms with Crippen molar-refractivity contribution in [2.75, 3.05) is 37.3 Å². The van der Waals surface area contributed by atoms with Crippen LogP contribution in [0.25, 0.3) is 0 Å². The minimum Gasteiger partial charge on any atom is -0.487 e. The molecule has 0 unspecified atom stereocenters. The second kappa shape index (κ2) is 6.24. The highest BCUT2D eigenvalue weighted by atomic mass is 32.1. The topological polar surface area (TPSA) is 63.4 Å². The lowest BCUT2D eigenvalue weighted by Gasteiger charge is -2.31. The van der Waals surface area contributed by atoms with Crippen LogP contribution in [0.1, 0.15) is 26.7 Å². The van der Waals surface area contributed by atoms with E-state index < -0.39 is 0 Å². The first kappa shape index (κ1) is 13.4. The maximum atomic E-state index is 5.80. The average Bonchev–Trinajstić information content (AvgIpc) is 2.73. The summed E-state index contributed by atoms with van der Waals surface area (Å²) >= 11 is 1.39. The van der Waals surface area contributed by atoms with Gasteiger partial charge in [0, 0.05) is 19.1 Å². The molecule has 18 heavy (non-hydrogen) atoms. The Balaban J connectivity index is 1.93. The average molecular weight is 270 g/mol. The van der Waals surface area contributed by atoms with Gasteiger partial charge in [0.1, 0.15) is 0 Å². The molecule has 1 aliphatic rings. The number of nitrogen functional groups attached to an aromatic ring is 1. The highest BCUT2D eigenvalue weighted by Crippen LogP contribution is 2.36. The van der Waals surface area contributed by atoms with Crippen molar-refractivity contribution in [3.8, 4) is 5.75 Å². The SMILES string of the molecule is CCOc1c(N)nsc1NC1CCN(CC)CC1. The molecule has 2 heterocycles. The molecular weight excluding hydrogens is 248 g/mol. The summed E-state index contributed by atoms with van der Waals surface area (Å²) in [7, 11) is 0. The largest absolute Gasteiger partial charge is 0.487 e. The van der Waals surface area contributed by atoms with E-state index in [2.05, 4.69) is 21.5 Å². The summed E-state index contributed by atoms with van der Waals surface area (Å²) in [4.78, 5) is 2.47. The molecule has 0 bridgehead atoms. The molecule has 2 rings (SSSR count). The fraction of sp³-hybridized carbons (Fsp3) is 0.750. The Bertz CT molecular complexity index is 374. The third-order valence-electron chi connectivity index (χ3n) is 3.33. The number of nitrogens with one attached hydrogen (secondary N) is 1. The van der Waals surface area contributed by atoms with Crippen molar-refractivity contribution in [2.24, 2.45) is 0 Å². The van der Waals surface area contributed by atoms with Crippen LogP contribution < -0.4 is 15.8 Å². The quantitative estimate of drug-likeness (QED) is 0.857. The van der Waals surface area contributed by atoms with Crippen molar-refractivity contribution in [1.29, 1.82) is 0 Å². The molecule has 5 nitrogen and oxygen atoms in total. The normalized spacial score (nSPS) is 17.9. The van der Waals surface area contributed by atoms with Gasteiger partial charge in [-0.15, -0.1) is 0 Å². The van der Waals surface area contributed by atoms with Crippen molar-refractivity contribution >= 4 is 22.4 Å². The standard InChI is InChI=1S/C12H22N4OS/c1-3-16-7-5-9(6-8-16)14-12-10(17-4-2)11(13)15-18-12/h9,14H,3-8H2,1-2H3,(H2,13,15). The van der Waals surface area contributed by atoms with Gasteiger partial charge in [-0.1, -0.05) is 6.92 Å². The Morgan fingerprint density at radius 3 is 2.78 bits per heavy atom. The number of likely N-dealkylation sites (tertiary alicyclic amines) is 1. The van der Waals surface area contributed by atoms with Crippen LogP contribution in [0.5, 0.6) is 5.75 Å². The van der Waals surface area contributed by atoms with Crippen molar-refractivity contribution in [3.63, 3.8) is 0 Å². The van der Waals surface area contributed by atoms with Gasteiger partial charge < -0.3 is 20.7 Å². The zero-order valence-corrected chi connectivity index (χ0v) is 11.9. The van der Waals surface area contributed by atoms with E-state index in [1.165, 1.54) is 11.5 Å². The van der Waals surface area contributed by atoms with Gasteiger partial charge in [-0.2, -0.15) is 4.37 Å². The highest BCUT2D eigenvalue weighted by molar-refractivity contribution is 7.11. The lowest BCUT2D eigenvalue weighted by atomic mass is 10.1. The molecular formula is C12H22N4OS. The van der Waals surface area contributed by atoms with Crippen molar-refractivity contribution in [2.45, 2.75) is 32.7 Å². The predicted octanol–water partition coefficient (Wildman–Crippen LogP) is 2.02. The molecule has 0 aliphatic carbocycles. The van der Waals surface area contributed by atoms with E-state index in [9.17, 15) is 0 Å². The second-order valence-electron chi connectivity index (χ2n) is 4.51. The number of nitrogens with two attached hydrogens (primary N) is 1. The molecule has 0 atom stereocenters. The van der Waals surface area contributed by atoms with Gasteiger partial charge >= 0.3 is 0 Å². The molecule has 1 aliphatic heterocycles. The number of anilines is 2. The maximum absolute atomic E-state index is 5.80. The van der Waals surface area contributed by atoms with E-state index in [-0.39, 0.29) is 0 Å². The molecule has 6 heteroatoms. The minimum atomic E-state index is 0.496. The number of hydrogen-bond acceptors (Lipinski definition) is 6. The molecule has 3 N–H and O–H groups in total. The zero-order chi connectivity index (χ0) is 13.0. The third-order valence-corrected chi connectivity index (χ3v) is 4.11. The molecule has 0 aromatic carbocycles. The molecule has 0 amide bonds. The first-order chi connectivity index (χ1) is 8.74. The molecule has 102 valence electrons. The van der Waals surface area contributed by atoms with Crippen LogP contribution in [0, 0.1) is 0 Å². The van der Waals surface area contributed by atoms with Gasteiger partial charge in [-0.25, -0.2) is 0 Å². The van der Waals surface area contributed by atoms with Crippen LogP contribution >= 0.6 is 11.5 Å². The fourth-order valence-corrected chi connectivity index (χ4v) is 2.99. The number of aromatic nitrogens is 1. The van der Waals surface area contributed by atoms with Gasteiger partial charge in [0.05, 0.1) is 6.61 Å². The Morgan fingerprint density at radius 2 is 2.17 bits per heavy atom. The first-order valence-corrected chi connectivity index (χ1v) is 7.38. The Hall–Kier alpha value is -1.01. The number of ether oxygens (including phenoxy) is 1. The molecule has 1 fully saturated rings. The summed E-state index contributed by atoms with van der Waals surface area (Å²) in [6, 6.07) is 0.506. The van der Waals surface area contributed by atoms with Crippen LogP contribution in [0.15, 0.2) is 0 Å². The monoisotopic (exact) mass is 270 g/mol. The summed E-state index contributed by atoms with van der Waals surface area (Å²) in [5, 5.41) is 4.50. The Morgan fingerprint density at radius 1 is 1.44 bits per heavy atom. The molecule has 1 aromatic heterocycles.